The van der Waals surface area contributed by atoms with Crippen LogP contribution in [-0.4, -0.2) is 27.8 Å². The predicted octanol–water partition coefficient (Wildman–Crippen LogP) is 1.82. The van der Waals surface area contributed by atoms with Crippen LogP contribution < -0.4 is 0 Å². The van der Waals surface area contributed by atoms with E-state index in [0.717, 1.165) is 18.8 Å². The summed E-state index contributed by atoms with van der Waals surface area (Å²) in [4.78, 5) is 2.00. The van der Waals surface area contributed by atoms with Gasteiger partial charge < -0.3 is 0 Å². The van der Waals surface area contributed by atoms with Crippen molar-refractivity contribution in [3.05, 3.63) is 17.0 Å². The van der Waals surface area contributed by atoms with E-state index in [1.54, 1.807) is 7.05 Å². The molecule has 1 aliphatic rings. The Balaban J connectivity index is 2.43. The molecule has 0 amide bonds. The van der Waals surface area contributed by atoms with Crippen molar-refractivity contribution in [3.63, 3.8) is 0 Å². The molecule has 1 aromatic rings. The minimum atomic E-state index is -4.35. The van der Waals surface area contributed by atoms with E-state index in [1.165, 1.54) is 4.68 Å². The first-order valence-electron chi connectivity index (χ1n) is 5.27. The molecular formula is C10H14F3N3. The molecule has 0 saturated carbocycles. The highest BCUT2D eigenvalue weighted by atomic mass is 19.4. The molecule has 6 heteroatoms. The second-order valence-corrected chi connectivity index (χ2v) is 4.01. The molecule has 3 nitrogen and oxygen atoms in total. The van der Waals surface area contributed by atoms with Gasteiger partial charge in [-0.1, -0.05) is 6.92 Å². The topological polar surface area (TPSA) is 21.1 Å². The Labute approximate surface area is 91.8 Å². The molecule has 90 valence electrons. The normalized spacial score (nSPS) is 17.6. The van der Waals surface area contributed by atoms with Crippen LogP contribution in [0.2, 0.25) is 0 Å². The van der Waals surface area contributed by atoms with Gasteiger partial charge >= 0.3 is 6.18 Å². The van der Waals surface area contributed by atoms with E-state index in [-0.39, 0.29) is 0 Å². The average molecular weight is 233 g/mol. The molecule has 0 aliphatic carbocycles. The van der Waals surface area contributed by atoms with Gasteiger partial charge in [0.2, 0.25) is 0 Å². The lowest BCUT2D eigenvalue weighted by atomic mass is 10.1. The number of aromatic nitrogens is 2. The van der Waals surface area contributed by atoms with E-state index in [0.29, 0.717) is 18.5 Å². The second-order valence-electron chi connectivity index (χ2n) is 4.01. The van der Waals surface area contributed by atoms with Gasteiger partial charge in [-0.25, -0.2) is 0 Å². The highest BCUT2D eigenvalue weighted by Crippen LogP contribution is 2.34. The summed E-state index contributed by atoms with van der Waals surface area (Å²) in [6.45, 7) is 3.88. The zero-order valence-corrected chi connectivity index (χ0v) is 9.30. The Morgan fingerprint density at radius 2 is 2.06 bits per heavy atom. The standard InChI is InChI=1S/C10H14F3N3/c1-3-16-5-4-8-7(6-16)9(10(11,12)13)14-15(8)2/h3-6H2,1-2H3. The molecular weight excluding hydrogens is 219 g/mol. The van der Waals surface area contributed by atoms with Crippen LogP contribution in [0.4, 0.5) is 13.2 Å². The van der Waals surface area contributed by atoms with Gasteiger partial charge in [-0.15, -0.1) is 0 Å². The number of fused-ring (bicyclic) bond motifs is 1. The fourth-order valence-electron chi connectivity index (χ4n) is 2.15. The molecule has 0 N–H and O–H groups in total. The van der Waals surface area contributed by atoms with Crippen LogP contribution in [0.3, 0.4) is 0 Å². The van der Waals surface area contributed by atoms with Crippen LogP contribution in [0, 0.1) is 0 Å². The van der Waals surface area contributed by atoms with Crippen molar-refractivity contribution in [3.8, 4) is 0 Å². The van der Waals surface area contributed by atoms with Crippen molar-refractivity contribution in [1.29, 1.82) is 0 Å². The summed E-state index contributed by atoms with van der Waals surface area (Å²) in [7, 11) is 1.58. The van der Waals surface area contributed by atoms with Crippen molar-refractivity contribution in [2.75, 3.05) is 13.1 Å². The quantitative estimate of drug-likeness (QED) is 0.737. The Hall–Kier alpha value is -1.04. The summed E-state index contributed by atoms with van der Waals surface area (Å²) >= 11 is 0. The highest BCUT2D eigenvalue weighted by molar-refractivity contribution is 5.30. The first-order chi connectivity index (χ1) is 7.43. The van der Waals surface area contributed by atoms with Crippen molar-refractivity contribution >= 4 is 0 Å². The molecule has 0 fully saturated rings. The van der Waals surface area contributed by atoms with Gasteiger partial charge in [0.1, 0.15) is 0 Å². The number of hydrogen-bond acceptors (Lipinski definition) is 2. The van der Waals surface area contributed by atoms with Crippen LogP contribution in [-0.2, 0) is 26.2 Å². The van der Waals surface area contributed by atoms with Crippen LogP contribution in [0.15, 0.2) is 0 Å². The van der Waals surface area contributed by atoms with Gasteiger partial charge in [0.05, 0.1) is 0 Å². The molecule has 2 rings (SSSR count). The monoisotopic (exact) mass is 233 g/mol. The summed E-state index contributed by atoms with van der Waals surface area (Å²) in [6, 6.07) is 0. The summed E-state index contributed by atoms with van der Waals surface area (Å²) in [5, 5.41) is 3.60. The first kappa shape index (κ1) is 11.4. The lowest BCUT2D eigenvalue weighted by Crippen LogP contribution is -2.31. The summed E-state index contributed by atoms with van der Waals surface area (Å²) in [5.74, 6) is 0. The van der Waals surface area contributed by atoms with Crippen molar-refractivity contribution in [2.24, 2.45) is 7.05 Å². The summed E-state index contributed by atoms with van der Waals surface area (Å²) in [5.41, 5.74) is 0.350. The van der Waals surface area contributed by atoms with Gasteiger partial charge in [-0.3, -0.25) is 9.58 Å². The summed E-state index contributed by atoms with van der Waals surface area (Å²) < 4.78 is 39.5. The number of nitrogens with zero attached hydrogens (tertiary/aromatic N) is 3. The van der Waals surface area contributed by atoms with Crippen LogP contribution in [0.1, 0.15) is 23.9 Å². The Morgan fingerprint density at radius 1 is 1.38 bits per heavy atom. The minimum Gasteiger partial charge on any atom is -0.299 e. The maximum absolute atomic E-state index is 12.7. The third-order valence-corrected chi connectivity index (χ3v) is 3.04. The molecule has 0 aromatic carbocycles. The summed E-state index contributed by atoms with van der Waals surface area (Å²) in [6.07, 6.45) is -3.70. The third-order valence-electron chi connectivity index (χ3n) is 3.04. The van der Waals surface area contributed by atoms with Crippen LogP contribution in [0.5, 0.6) is 0 Å². The fourth-order valence-corrected chi connectivity index (χ4v) is 2.15. The molecule has 2 heterocycles. The SMILES string of the molecule is CCN1CCc2c(c(C(F)(F)F)nn2C)C1. The number of alkyl halides is 3. The highest BCUT2D eigenvalue weighted by Gasteiger charge is 2.39. The van der Waals surface area contributed by atoms with Gasteiger partial charge in [-0.2, -0.15) is 18.3 Å². The maximum atomic E-state index is 12.7. The molecule has 0 saturated heterocycles. The molecule has 1 aliphatic heterocycles. The average Bonchev–Trinajstić information content (AvgIpc) is 2.55. The zero-order valence-electron chi connectivity index (χ0n) is 9.30. The minimum absolute atomic E-state index is 0.350. The van der Waals surface area contributed by atoms with Crippen LogP contribution >= 0.6 is 0 Å². The number of aryl methyl sites for hydroxylation is 1. The molecule has 0 bridgehead atoms. The molecule has 1 aromatic heterocycles. The van der Waals surface area contributed by atoms with Crippen molar-refractivity contribution < 1.29 is 13.2 Å². The number of likely N-dealkylation sites (N-methyl/N-ethyl adjacent to an activating group) is 1. The van der Waals surface area contributed by atoms with E-state index < -0.39 is 11.9 Å². The van der Waals surface area contributed by atoms with Crippen molar-refractivity contribution in [2.45, 2.75) is 26.1 Å². The number of rotatable bonds is 1. The zero-order chi connectivity index (χ0) is 11.9. The first-order valence-corrected chi connectivity index (χ1v) is 5.27. The Kier molecular flexibility index (Phi) is 2.69. The number of halogens is 3. The van der Waals surface area contributed by atoms with E-state index in [9.17, 15) is 13.2 Å². The van der Waals surface area contributed by atoms with Gasteiger partial charge in [0, 0.05) is 37.8 Å². The molecule has 0 atom stereocenters. The Morgan fingerprint density at radius 3 is 2.62 bits per heavy atom. The van der Waals surface area contributed by atoms with Gasteiger partial charge in [0.15, 0.2) is 5.69 Å². The Bertz CT molecular complexity index is 395. The molecule has 16 heavy (non-hydrogen) atoms. The maximum Gasteiger partial charge on any atom is 0.435 e. The largest absolute Gasteiger partial charge is 0.435 e. The van der Waals surface area contributed by atoms with E-state index in [1.807, 2.05) is 11.8 Å². The fraction of sp³-hybridized carbons (Fsp3) is 0.700. The predicted molar refractivity (Wildman–Crippen MR) is 52.9 cm³/mol. The van der Waals surface area contributed by atoms with Crippen molar-refractivity contribution in [1.82, 2.24) is 14.7 Å². The second kappa shape index (κ2) is 3.76. The molecule has 0 radical (unpaired) electrons. The third kappa shape index (κ3) is 1.81. The van der Waals surface area contributed by atoms with Crippen LogP contribution in [0.25, 0.3) is 0 Å². The lowest BCUT2D eigenvalue weighted by Gasteiger charge is -2.26. The molecule has 0 unspecified atom stereocenters. The van der Waals surface area contributed by atoms with Gasteiger partial charge in [-0.05, 0) is 6.54 Å². The smallest absolute Gasteiger partial charge is 0.299 e. The number of hydrogen-bond donors (Lipinski definition) is 0. The van der Waals surface area contributed by atoms with Gasteiger partial charge in [0.25, 0.3) is 0 Å². The molecule has 0 spiro atoms. The van der Waals surface area contributed by atoms with E-state index in [2.05, 4.69) is 5.10 Å². The van der Waals surface area contributed by atoms with E-state index in [4.69, 9.17) is 0 Å². The van der Waals surface area contributed by atoms with E-state index >= 15 is 0 Å². The lowest BCUT2D eigenvalue weighted by molar-refractivity contribution is -0.142.